The highest BCUT2D eigenvalue weighted by atomic mass is 35.5. The molecule has 1 heterocycles. The van der Waals surface area contributed by atoms with Gasteiger partial charge in [0.2, 0.25) is 11.9 Å². The molecule has 0 aliphatic carbocycles. The fourth-order valence-electron chi connectivity index (χ4n) is 1.83. The largest absolute Gasteiger partial charge is 0.368 e. The van der Waals surface area contributed by atoms with Crippen LogP contribution < -0.4 is 16.4 Å². The van der Waals surface area contributed by atoms with E-state index < -0.39 is 0 Å². The van der Waals surface area contributed by atoms with Crippen molar-refractivity contribution in [1.82, 2.24) is 15.2 Å². The first-order valence-corrected chi connectivity index (χ1v) is 6.65. The molecule has 21 heavy (non-hydrogen) atoms. The molecule has 0 saturated carbocycles. The van der Waals surface area contributed by atoms with Gasteiger partial charge in [-0.3, -0.25) is 0 Å². The molecule has 0 atom stereocenters. The predicted octanol–water partition coefficient (Wildman–Crippen LogP) is 3.53. The molecule has 7 heteroatoms. The molecule has 3 rings (SSSR count). The van der Waals surface area contributed by atoms with Crippen LogP contribution in [0.4, 0.5) is 29.0 Å². The van der Waals surface area contributed by atoms with Crippen molar-refractivity contribution in [3.05, 3.63) is 53.6 Å². The van der Waals surface area contributed by atoms with Crippen molar-refractivity contribution in [2.24, 2.45) is 0 Å². The summed E-state index contributed by atoms with van der Waals surface area (Å²) in [7, 11) is 0. The van der Waals surface area contributed by atoms with Gasteiger partial charge < -0.3 is 16.4 Å². The Bertz CT molecular complexity index is 740. The van der Waals surface area contributed by atoms with E-state index in [1.807, 2.05) is 42.5 Å². The SMILES string of the molecule is Nc1nc(Nc2ccc(Nc3ccccc3)c(Cl)c2)n[nH]1. The maximum atomic E-state index is 6.27. The number of H-pyrrole nitrogens is 1. The highest BCUT2D eigenvalue weighted by Gasteiger charge is 2.05. The van der Waals surface area contributed by atoms with Crippen LogP contribution in [-0.4, -0.2) is 15.2 Å². The van der Waals surface area contributed by atoms with Gasteiger partial charge in [0.25, 0.3) is 0 Å². The second-order valence-electron chi connectivity index (χ2n) is 4.35. The Balaban J connectivity index is 1.76. The molecule has 0 bridgehead atoms. The van der Waals surface area contributed by atoms with Gasteiger partial charge >= 0.3 is 0 Å². The van der Waals surface area contributed by atoms with Gasteiger partial charge in [-0.1, -0.05) is 29.8 Å². The second-order valence-corrected chi connectivity index (χ2v) is 4.76. The van der Waals surface area contributed by atoms with E-state index in [4.69, 9.17) is 17.3 Å². The molecule has 0 radical (unpaired) electrons. The summed E-state index contributed by atoms with van der Waals surface area (Å²) in [4.78, 5) is 3.97. The summed E-state index contributed by atoms with van der Waals surface area (Å²) < 4.78 is 0. The van der Waals surface area contributed by atoms with Crippen LogP contribution in [0.15, 0.2) is 48.5 Å². The minimum absolute atomic E-state index is 0.256. The molecular weight excluding hydrogens is 288 g/mol. The number of hydrogen-bond acceptors (Lipinski definition) is 5. The number of halogens is 1. The molecule has 0 fully saturated rings. The lowest BCUT2D eigenvalue weighted by Crippen LogP contribution is -1.95. The first kappa shape index (κ1) is 13.3. The van der Waals surface area contributed by atoms with Crippen LogP contribution in [0.25, 0.3) is 0 Å². The molecule has 6 nitrogen and oxygen atoms in total. The van der Waals surface area contributed by atoms with E-state index in [0.29, 0.717) is 11.0 Å². The molecule has 2 aromatic carbocycles. The summed E-state index contributed by atoms with van der Waals surface area (Å²) >= 11 is 6.27. The Morgan fingerprint density at radius 2 is 1.81 bits per heavy atom. The van der Waals surface area contributed by atoms with Crippen molar-refractivity contribution in [1.29, 1.82) is 0 Å². The Morgan fingerprint density at radius 1 is 1.00 bits per heavy atom. The van der Waals surface area contributed by atoms with Gasteiger partial charge in [-0.15, -0.1) is 5.10 Å². The minimum atomic E-state index is 0.256. The van der Waals surface area contributed by atoms with Crippen molar-refractivity contribution in [3.8, 4) is 0 Å². The summed E-state index contributed by atoms with van der Waals surface area (Å²) in [5, 5.41) is 13.3. The Hall–Kier alpha value is -2.73. The zero-order chi connectivity index (χ0) is 14.7. The van der Waals surface area contributed by atoms with Crippen LogP contribution in [-0.2, 0) is 0 Å². The number of rotatable bonds is 4. The van der Waals surface area contributed by atoms with Gasteiger partial charge in [0, 0.05) is 11.4 Å². The molecule has 0 saturated heterocycles. The zero-order valence-corrected chi connectivity index (χ0v) is 11.7. The highest BCUT2D eigenvalue weighted by molar-refractivity contribution is 6.33. The lowest BCUT2D eigenvalue weighted by Gasteiger charge is -2.10. The van der Waals surface area contributed by atoms with Crippen LogP contribution in [0, 0.1) is 0 Å². The van der Waals surface area contributed by atoms with Gasteiger partial charge in [-0.2, -0.15) is 4.98 Å². The van der Waals surface area contributed by atoms with Gasteiger partial charge in [-0.25, -0.2) is 5.10 Å². The number of nitrogens with two attached hydrogens (primary N) is 1. The van der Waals surface area contributed by atoms with Crippen molar-refractivity contribution in [2.75, 3.05) is 16.4 Å². The molecular formula is C14H13ClN6. The smallest absolute Gasteiger partial charge is 0.248 e. The molecule has 3 aromatic rings. The molecule has 5 N–H and O–H groups in total. The van der Waals surface area contributed by atoms with Crippen LogP contribution >= 0.6 is 11.6 Å². The third-order valence-corrected chi connectivity index (χ3v) is 3.09. The summed E-state index contributed by atoms with van der Waals surface area (Å²) in [6.45, 7) is 0. The monoisotopic (exact) mass is 300 g/mol. The van der Waals surface area contributed by atoms with Gasteiger partial charge in [-0.05, 0) is 30.3 Å². The fraction of sp³-hybridized carbons (Fsp3) is 0. The average Bonchev–Trinajstić information content (AvgIpc) is 2.88. The third kappa shape index (κ3) is 3.24. The van der Waals surface area contributed by atoms with E-state index in [-0.39, 0.29) is 5.95 Å². The number of nitrogen functional groups attached to an aromatic ring is 1. The van der Waals surface area contributed by atoms with Gasteiger partial charge in [0.1, 0.15) is 0 Å². The van der Waals surface area contributed by atoms with Crippen LogP contribution in [0.5, 0.6) is 0 Å². The van der Waals surface area contributed by atoms with Gasteiger partial charge in [0.05, 0.1) is 10.7 Å². The normalized spacial score (nSPS) is 10.3. The van der Waals surface area contributed by atoms with Crippen molar-refractivity contribution in [2.45, 2.75) is 0 Å². The quantitative estimate of drug-likeness (QED) is 0.591. The standard InChI is InChI=1S/C14H13ClN6/c15-11-8-10(18-14-19-13(16)20-21-14)6-7-12(11)17-9-4-2-1-3-5-9/h1-8,17H,(H4,16,18,19,20,21). The van der Waals surface area contributed by atoms with E-state index in [1.54, 1.807) is 6.07 Å². The Kier molecular flexibility index (Phi) is 3.61. The zero-order valence-electron chi connectivity index (χ0n) is 11.0. The van der Waals surface area contributed by atoms with Crippen molar-refractivity contribution in [3.63, 3.8) is 0 Å². The van der Waals surface area contributed by atoms with E-state index in [1.165, 1.54) is 0 Å². The van der Waals surface area contributed by atoms with Crippen molar-refractivity contribution >= 4 is 40.6 Å². The molecule has 0 aliphatic heterocycles. The summed E-state index contributed by atoms with van der Waals surface area (Å²) in [5.41, 5.74) is 8.04. The molecule has 0 spiro atoms. The van der Waals surface area contributed by atoms with E-state index >= 15 is 0 Å². The third-order valence-electron chi connectivity index (χ3n) is 2.78. The number of nitrogens with zero attached hydrogens (tertiary/aromatic N) is 2. The number of hydrogen-bond donors (Lipinski definition) is 4. The number of aromatic nitrogens is 3. The summed E-state index contributed by atoms with van der Waals surface area (Å²) in [6.07, 6.45) is 0. The van der Waals surface area contributed by atoms with E-state index in [0.717, 1.165) is 17.1 Å². The summed E-state index contributed by atoms with van der Waals surface area (Å²) in [5.74, 6) is 0.651. The second kappa shape index (κ2) is 5.72. The summed E-state index contributed by atoms with van der Waals surface area (Å²) in [6, 6.07) is 15.4. The maximum absolute atomic E-state index is 6.27. The number of anilines is 5. The van der Waals surface area contributed by atoms with Gasteiger partial charge in [0.15, 0.2) is 0 Å². The molecule has 0 aliphatic rings. The topological polar surface area (TPSA) is 91.7 Å². The first-order chi connectivity index (χ1) is 10.2. The molecule has 0 amide bonds. The molecule has 106 valence electrons. The van der Waals surface area contributed by atoms with Crippen molar-refractivity contribution < 1.29 is 0 Å². The average molecular weight is 301 g/mol. The Labute approximate surface area is 126 Å². The highest BCUT2D eigenvalue weighted by Crippen LogP contribution is 2.29. The maximum Gasteiger partial charge on any atom is 0.248 e. The Morgan fingerprint density at radius 3 is 2.48 bits per heavy atom. The number of benzene rings is 2. The lowest BCUT2D eigenvalue weighted by molar-refractivity contribution is 1.10. The minimum Gasteiger partial charge on any atom is -0.368 e. The number of aromatic amines is 1. The molecule has 0 unspecified atom stereocenters. The number of para-hydroxylation sites is 1. The van der Waals surface area contributed by atoms with E-state index in [2.05, 4.69) is 25.8 Å². The first-order valence-electron chi connectivity index (χ1n) is 6.27. The predicted molar refractivity (Wildman–Crippen MR) is 85.3 cm³/mol. The van der Waals surface area contributed by atoms with Crippen LogP contribution in [0.2, 0.25) is 5.02 Å². The van der Waals surface area contributed by atoms with E-state index in [9.17, 15) is 0 Å². The van der Waals surface area contributed by atoms with Crippen LogP contribution in [0.1, 0.15) is 0 Å². The molecule has 1 aromatic heterocycles. The fourth-order valence-corrected chi connectivity index (χ4v) is 2.06. The lowest BCUT2D eigenvalue weighted by atomic mass is 10.2. The van der Waals surface area contributed by atoms with Crippen LogP contribution in [0.3, 0.4) is 0 Å². The number of nitrogens with one attached hydrogen (secondary N) is 3.